The fourth-order valence-electron chi connectivity index (χ4n) is 2.24. The van der Waals surface area contributed by atoms with Crippen LogP contribution in [0.5, 0.6) is 0 Å². The third kappa shape index (κ3) is 8.08. The molecule has 1 heterocycles. The van der Waals surface area contributed by atoms with Gasteiger partial charge in [-0.25, -0.2) is 0 Å². The van der Waals surface area contributed by atoms with E-state index in [0.717, 1.165) is 33.9 Å². The summed E-state index contributed by atoms with van der Waals surface area (Å²) >= 11 is 6.62. The summed E-state index contributed by atoms with van der Waals surface area (Å²) in [5, 5.41) is 4.21. The van der Waals surface area contributed by atoms with Crippen LogP contribution in [0.15, 0.2) is 54.6 Å². The van der Waals surface area contributed by atoms with Crippen molar-refractivity contribution in [1.82, 2.24) is 16.1 Å². The Kier molecular flexibility index (Phi) is 9.36. The van der Waals surface area contributed by atoms with Crippen molar-refractivity contribution in [2.24, 2.45) is 7.05 Å². The molecule has 0 unspecified atom stereocenters. The Morgan fingerprint density at radius 3 is 2.11 bits per heavy atom. The second-order valence-electron chi connectivity index (χ2n) is 5.77. The predicted molar refractivity (Wildman–Crippen MR) is 115 cm³/mol. The summed E-state index contributed by atoms with van der Waals surface area (Å²) in [6.45, 7) is 1.00. The van der Waals surface area contributed by atoms with Crippen LogP contribution >= 0.6 is 45.7 Å². The molecule has 4 nitrogen and oxygen atoms in total. The minimum absolute atomic E-state index is 0.481. The second kappa shape index (κ2) is 11.0. The molecule has 0 bridgehead atoms. The number of alkyl halides is 3. The Morgan fingerprint density at radius 1 is 1.04 bits per heavy atom. The molecule has 0 saturated heterocycles. The zero-order valence-corrected chi connectivity index (χ0v) is 21.2. The van der Waals surface area contributed by atoms with Gasteiger partial charge in [-0.15, -0.1) is 0 Å². The molecule has 0 spiro atoms. The van der Waals surface area contributed by atoms with Crippen molar-refractivity contribution in [3.05, 3.63) is 80.9 Å². The van der Waals surface area contributed by atoms with Crippen molar-refractivity contribution in [3.63, 3.8) is 0 Å². The van der Waals surface area contributed by atoms with Crippen molar-refractivity contribution in [2.45, 2.75) is 19.1 Å². The number of nitrogens with one attached hydrogen (secondary N) is 1. The summed E-state index contributed by atoms with van der Waals surface area (Å²) in [4.78, 5) is 3.05. The number of rotatable bonds is 4. The molecule has 0 radical (unpaired) electrons. The summed E-state index contributed by atoms with van der Waals surface area (Å²) in [7, 11) is 1.80. The van der Waals surface area contributed by atoms with Crippen LogP contribution in [0.3, 0.4) is 0 Å². The minimum atomic E-state index is -4.29. The van der Waals surface area contributed by atoms with E-state index in [1.807, 2.05) is 6.07 Å². The summed E-state index contributed by atoms with van der Waals surface area (Å²) in [5.41, 5.74) is 1.51. The first-order chi connectivity index (χ1) is 13.1. The molecule has 0 saturated carbocycles. The van der Waals surface area contributed by atoms with Gasteiger partial charge in [0.2, 0.25) is 0 Å². The van der Waals surface area contributed by atoms with E-state index >= 15 is 0 Å². The minimum Gasteiger partial charge on any atom is -0.184 e. The largest absolute Gasteiger partial charge is 0.184 e. The number of halogens is 5. The Balaban J connectivity index is 0.000000237. The van der Waals surface area contributed by atoms with Gasteiger partial charge < -0.3 is 0 Å². The summed E-state index contributed by atoms with van der Waals surface area (Å²) < 4.78 is 41.8. The first-order valence-electron chi connectivity index (χ1n) is 8.02. The van der Waals surface area contributed by atoms with Gasteiger partial charge in [0.25, 0.3) is 0 Å². The van der Waals surface area contributed by atoms with Gasteiger partial charge in [0.1, 0.15) is 0 Å². The molecule has 1 N–H and O–H groups in total. The van der Waals surface area contributed by atoms with E-state index in [0.29, 0.717) is 6.42 Å². The predicted octanol–water partition coefficient (Wildman–Crippen LogP) is 5.63. The van der Waals surface area contributed by atoms with Gasteiger partial charge in [0.15, 0.2) is 0 Å². The molecular formula is C18H17F3I2N4Pt. The van der Waals surface area contributed by atoms with Crippen molar-refractivity contribution in [3.8, 4) is 0 Å². The number of aryl methyl sites for hydroxylation is 1. The monoisotopic (exact) mass is 795 g/mol. The normalized spacial score (nSPS) is 11.3. The van der Waals surface area contributed by atoms with E-state index in [-0.39, 0.29) is 0 Å². The van der Waals surface area contributed by atoms with Gasteiger partial charge in [-0.05, 0) is 5.56 Å². The maximum absolute atomic E-state index is 12.4. The van der Waals surface area contributed by atoms with E-state index in [4.69, 9.17) is 0 Å². The maximum atomic E-state index is 12.4. The summed E-state index contributed by atoms with van der Waals surface area (Å²) in [6.07, 6.45) is -3.81. The van der Waals surface area contributed by atoms with Crippen molar-refractivity contribution >= 4 is 45.7 Å². The third-order valence-electron chi connectivity index (χ3n) is 3.57. The van der Waals surface area contributed by atoms with Crippen molar-refractivity contribution < 1.29 is 32.5 Å². The van der Waals surface area contributed by atoms with Gasteiger partial charge in [-0.1, -0.05) is 30.3 Å². The summed E-state index contributed by atoms with van der Waals surface area (Å²) in [5.74, 6) is 0.724. The third-order valence-corrected chi connectivity index (χ3v) is 5.27. The van der Waals surface area contributed by atoms with Gasteiger partial charge in [-0.3, -0.25) is 0 Å². The van der Waals surface area contributed by atoms with Gasteiger partial charge in [0, 0.05) is 52.3 Å². The van der Waals surface area contributed by atoms with E-state index in [1.54, 1.807) is 11.7 Å². The zero-order chi connectivity index (χ0) is 20.7. The van der Waals surface area contributed by atoms with Crippen molar-refractivity contribution in [2.75, 3.05) is 0 Å². The Labute approximate surface area is 199 Å². The number of H-pyrrole nitrogens is 1. The molecule has 0 aliphatic rings. The zero-order valence-electron chi connectivity index (χ0n) is 14.7. The topological polar surface area (TPSA) is 36.9 Å². The molecular weight excluding hydrogens is 778 g/mol. The summed E-state index contributed by atoms with van der Waals surface area (Å²) in [6, 6.07) is 15.5. The molecule has 28 heavy (non-hydrogen) atoms. The van der Waals surface area contributed by atoms with Crippen molar-refractivity contribution in [1.29, 1.82) is 0 Å². The molecule has 3 aromatic rings. The Bertz CT molecular complexity index is 922. The number of nitrogens with zero attached hydrogens (tertiary/aromatic N) is 3. The van der Waals surface area contributed by atoms with Crippen LogP contribution in [-0.4, -0.2) is 16.1 Å². The van der Waals surface area contributed by atoms with Crippen LogP contribution < -0.4 is 0 Å². The second-order valence-corrected chi connectivity index (χ2v) is 11.0. The fraction of sp³-hybridized carbons (Fsp3) is 0.222. The van der Waals surface area contributed by atoms with Gasteiger partial charge in [0.05, 0.1) is 0 Å². The van der Waals surface area contributed by atoms with Crippen LogP contribution in [-0.2, 0) is 45.5 Å². The first kappa shape index (κ1) is 23.8. The van der Waals surface area contributed by atoms with Crippen LogP contribution in [0.4, 0.5) is 13.2 Å². The number of aromatic amines is 1. The van der Waals surface area contributed by atoms with E-state index < -0.39 is 11.7 Å². The standard InChI is InChI=1S/C11H10F3N3.C7H7I2N.Pt/c1-17-7-15-10(16-17)6-8-2-4-9(5-3-8)11(12,13)14;8-10(9)6-7-4-2-1-3-5-7;/h2-5H,6H2,1H3,(H,15,16);1-5H,6H2;. The van der Waals surface area contributed by atoms with E-state index in [2.05, 4.69) is 101 Å². The maximum Gasteiger partial charge on any atom is 0.0435 e. The quantitative estimate of drug-likeness (QED) is 0.275. The Hall–Kier alpha value is -0.522. The average molecular weight is 795 g/mol. The number of hydrogen-bond acceptors (Lipinski definition) is 2. The first-order valence-corrected chi connectivity index (χ1v) is 11.1. The molecule has 0 amide bonds. The SMILES string of the molecule is Cn1nc(Cc2ccc(C(F)(F)F)cc2)[nH][c]1=[Pt].IN(I)Cc1ccccc1. The fourth-order valence-corrected chi connectivity index (χ4v) is 3.47. The average Bonchev–Trinajstić information content (AvgIpc) is 2.93. The van der Waals surface area contributed by atoms with E-state index in [1.165, 1.54) is 17.7 Å². The number of hydrogen-bond donors (Lipinski definition) is 1. The van der Waals surface area contributed by atoms with Crippen LogP contribution in [0.1, 0.15) is 22.5 Å². The van der Waals surface area contributed by atoms with Gasteiger partial charge >= 0.3 is 112 Å². The van der Waals surface area contributed by atoms with Crippen LogP contribution in [0.25, 0.3) is 0 Å². The van der Waals surface area contributed by atoms with Gasteiger partial charge in [-0.2, -0.15) is 1.33 Å². The molecule has 2 aromatic carbocycles. The molecule has 0 aliphatic carbocycles. The molecule has 10 heteroatoms. The Morgan fingerprint density at radius 2 is 1.64 bits per heavy atom. The molecule has 0 fully saturated rings. The number of aromatic nitrogens is 3. The molecule has 0 aliphatic heterocycles. The molecule has 1 aromatic heterocycles. The smallest absolute Gasteiger partial charge is 0.0435 e. The molecule has 154 valence electrons. The number of benzene rings is 2. The van der Waals surface area contributed by atoms with Crippen LogP contribution in [0.2, 0.25) is 0 Å². The molecule has 3 rings (SSSR count). The van der Waals surface area contributed by atoms with E-state index in [9.17, 15) is 13.2 Å². The molecule has 0 atom stereocenters. The van der Waals surface area contributed by atoms with Crippen LogP contribution in [0, 0.1) is 3.80 Å².